The predicted octanol–water partition coefficient (Wildman–Crippen LogP) is 7.27. The maximum Gasteiger partial charge on any atom is 0.264 e. The molecule has 7 nitrogen and oxygen atoms in total. The van der Waals surface area contributed by atoms with Gasteiger partial charge in [-0.05, 0) is 86.2 Å². The first-order valence-corrected chi connectivity index (χ1v) is 18.3. The molecule has 1 aliphatic rings. The largest absolute Gasteiger partial charge is 0.352 e. The van der Waals surface area contributed by atoms with Crippen LogP contribution in [-0.4, -0.2) is 43.8 Å². The number of sulfonamides is 1. The summed E-state index contributed by atoms with van der Waals surface area (Å²) in [6.07, 6.45) is 4.19. The molecule has 0 heterocycles. The van der Waals surface area contributed by atoms with Gasteiger partial charge in [-0.3, -0.25) is 13.9 Å². The molecule has 5 rings (SSSR count). The number of nitrogens with one attached hydrogen (secondary N) is 1. The number of carbonyl (C=O) groups is 2. The predicted molar refractivity (Wildman–Crippen MR) is 191 cm³/mol. The van der Waals surface area contributed by atoms with Crippen LogP contribution in [0.3, 0.4) is 0 Å². The molecule has 2 amide bonds. The molecule has 0 bridgehead atoms. The molecule has 0 aliphatic heterocycles. The Labute approximate surface area is 287 Å². The number of halogens is 1. The molecule has 1 N–H and O–H groups in total. The number of aryl methyl sites for hydroxylation is 2. The lowest BCUT2D eigenvalue weighted by Crippen LogP contribution is -2.54. The van der Waals surface area contributed by atoms with Gasteiger partial charge in [-0.25, -0.2) is 8.42 Å². The molecule has 1 saturated carbocycles. The van der Waals surface area contributed by atoms with Gasteiger partial charge >= 0.3 is 0 Å². The molecule has 246 valence electrons. The van der Waals surface area contributed by atoms with Gasteiger partial charge in [-0.1, -0.05) is 101 Å². The van der Waals surface area contributed by atoms with E-state index in [0.717, 1.165) is 58.0 Å². The summed E-state index contributed by atoms with van der Waals surface area (Å²) in [5.41, 5.74) is 4.74. The maximum absolute atomic E-state index is 14.7. The van der Waals surface area contributed by atoms with Crippen LogP contribution >= 0.6 is 15.9 Å². The summed E-state index contributed by atoms with van der Waals surface area (Å²) < 4.78 is 30.8. The van der Waals surface area contributed by atoms with E-state index in [4.69, 9.17) is 0 Å². The fourth-order valence-electron chi connectivity index (χ4n) is 6.11. The highest BCUT2D eigenvalue weighted by Gasteiger charge is 2.36. The average Bonchev–Trinajstić information content (AvgIpc) is 3.56. The highest BCUT2D eigenvalue weighted by atomic mass is 79.9. The fraction of sp³-hybridized carbons (Fsp3) is 0.316. The molecule has 1 fully saturated rings. The highest BCUT2D eigenvalue weighted by molar-refractivity contribution is 9.10. The van der Waals surface area contributed by atoms with Gasteiger partial charge in [-0.15, -0.1) is 0 Å². The van der Waals surface area contributed by atoms with Crippen LogP contribution in [0.2, 0.25) is 0 Å². The number of hydrogen-bond donors (Lipinski definition) is 1. The monoisotopic (exact) mass is 715 g/mol. The van der Waals surface area contributed by atoms with Gasteiger partial charge in [0.15, 0.2) is 0 Å². The molecule has 1 atom stereocenters. The molecule has 0 radical (unpaired) electrons. The van der Waals surface area contributed by atoms with Crippen molar-refractivity contribution >= 4 is 43.5 Å². The second-order valence-electron chi connectivity index (χ2n) is 12.4. The van der Waals surface area contributed by atoms with E-state index in [1.165, 1.54) is 4.31 Å². The van der Waals surface area contributed by atoms with Crippen molar-refractivity contribution in [3.8, 4) is 0 Å². The highest BCUT2D eigenvalue weighted by Crippen LogP contribution is 2.30. The molecule has 47 heavy (non-hydrogen) atoms. The quantitative estimate of drug-likeness (QED) is 0.167. The number of anilines is 1. The van der Waals surface area contributed by atoms with E-state index in [2.05, 4.69) is 21.2 Å². The van der Waals surface area contributed by atoms with Gasteiger partial charge in [0.05, 0.1) is 10.6 Å². The lowest BCUT2D eigenvalue weighted by Gasteiger charge is -2.35. The summed E-state index contributed by atoms with van der Waals surface area (Å²) in [5, 5.41) is 3.22. The third-order valence-corrected chi connectivity index (χ3v) is 11.2. The molecular formula is C38H42BrN3O4S. The molecule has 0 saturated heterocycles. The number of nitrogens with zero attached hydrogens (tertiary/aromatic N) is 2. The minimum absolute atomic E-state index is 0.0527. The second kappa shape index (κ2) is 15.3. The van der Waals surface area contributed by atoms with E-state index in [0.29, 0.717) is 5.69 Å². The number of hydrogen-bond acceptors (Lipinski definition) is 4. The number of carbonyl (C=O) groups excluding carboxylic acids is 2. The van der Waals surface area contributed by atoms with Gasteiger partial charge in [0.2, 0.25) is 11.8 Å². The zero-order chi connectivity index (χ0) is 33.6. The van der Waals surface area contributed by atoms with Gasteiger partial charge in [0.25, 0.3) is 10.0 Å². The Balaban J connectivity index is 1.59. The lowest BCUT2D eigenvalue weighted by molar-refractivity contribution is -0.140. The first-order chi connectivity index (χ1) is 22.5. The standard InChI is InChI=1S/C38H42BrN3O4S/c1-27-19-21-34(22-20-27)47(45,46)42(35-18-9-11-28(2)29(35)3)26-37(43)41(25-31-14-10-15-32(39)23-31)36(24-30-12-5-4-6-13-30)38(44)40-33-16-7-8-17-33/h4-6,9-15,18-23,33,36H,7-8,16-17,24-26H2,1-3H3,(H,40,44)/t36-/m0/s1. The molecule has 4 aromatic carbocycles. The smallest absolute Gasteiger partial charge is 0.264 e. The number of rotatable bonds is 12. The van der Waals surface area contributed by atoms with Crippen molar-refractivity contribution in [2.24, 2.45) is 0 Å². The van der Waals surface area contributed by atoms with Crippen LogP contribution in [0.5, 0.6) is 0 Å². The van der Waals surface area contributed by atoms with Crippen LogP contribution in [-0.2, 0) is 32.6 Å². The summed E-state index contributed by atoms with van der Waals surface area (Å²) in [7, 11) is -4.16. The SMILES string of the molecule is Cc1ccc(S(=O)(=O)N(CC(=O)N(Cc2cccc(Br)c2)[C@@H](Cc2ccccc2)C(=O)NC2CCCC2)c2cccc(C)c2C)cc1. The van der Waals surface area contributed by atoms with Crippen molar-refractivity contribution in [3.05, 3.63) is 129 Å². The van der Waals surface area contributed by atoms with Crippen LogP contribution in [0, 0.1) is 20.8 Å². The molecule has 0 unspecified atom stereocenters. The zero-order valence-corrected chi connectivity index (χ0v) is 29.6. The Morgan fingerprint density at radius 2 is 1.51 bits per heavy atom. The first-order valence-electron chi connectivity index (χ1n) is 16.1. The summed E-state index contributed by atoms with van der Waals surface area (Å²) in [6.45, 7) is 5.32. The normalized spacial score (nSPS) is 14.0. The summed E-state index contributed by atoms with van der Waals surface area (Å²) >= 11 is 3.54. The van der Waals surface area contributed by atoms with Crippen molar-refractivity contribution in [2.75, 3.05) is 10.8 Å². The van der Waals surface area contributed by atoms with Crippen molar-refractivity contribution in [2.45, 2.75) is 76.4 Å². The minimum Gasteiger partial charge on any atom is -0.352 e. The van der Waals surface area contributed by atoms with Gasteiger partial charge in [0.1, 0.15) is 12.6 Å². The maximum atomic E-state index is 14.7. The Kier molecular flexibility index (Phi) is 11.2. The van der Waals surface area contributed by atoms with Crippen LogP contribution in [0.15, 0.2) is 106 Å². The molecule has 4 aromatic rings. The van der Waals surface area contributed by atoms with Crippen LogP contribution in [0.25, 0.3) is 0 Å². The Hall–Kier alpha value is -3.95. The average molecular weight is 717 g/mol. The van der Waals surface area contributed by atoms with Gasteiger partial charge in [-0.2, -0.15) is 0 Å². The molecule has 9 heteroatoms. The summed E-state index contributed by atoms with van der Waals surface area (Å²) in [4.78, 5) is 30.6. The van der Waals surface area contributed by atoms with E-state index >= 15 is 0 Å². The lowest BCUT2D eigenvalue weighted by atomic mass is 10.0. The summed E-state index contributed by atoms with van der Waals surface area (Å²) in [6, 6.07) is 28.5. The minimum atomic E-state index is -4.16. The number of benzene rings is 4. The van der Waals surface area contributed by atoms with Crippen LogP contribution < -0.4 is 9.62 Å². The summed E-state index contributed by atoms with van der Waals surface area (Å²) in [5.74, 6) is -0.701. The first kappa shape index (κ1) is 34.4. The van der Waals surface area contributed by atoms with Crippen molar-refractivity contribution in [1.29, 1.82) is 0 Å². The van der Waals surface area contributed by atoms with E-state index in [9.17, 15) is 18.0 Å². The van der Waals surface area contributed by atoms with Crippen molar-refractivity contribution in [3.63, 3.8) is 0 Å². The molecule has 0 aromatic heterocycles. The van der Waals surface area contributed by atoms with Gasteiger partial charge < -0.3 is 10.2 Å². The van der Waals surface area contributed by atoms with Crippen LogP contribution in [0.1, 0.15) is 53.5 Å². The van der Waals surface area contributed by atoms with Crippen molar-refractivity contribution in [1.82, 2.24) is 10.2 Å². The van der Waals surface area contributed by atoms with Crippen LogP contribution in [0.4, 0.5) is 5.69 Å². The topological polar surface area (TPSA) is 86.8 Å². The Morgan fingerprint density at radius 3 is 2.19 bits per heavy atom. The van der Waals surface area contributed by atoms with E-state index in [1.54, 1.807) is 41.3 Å². The van der Waals surface area contributed by atoms with Crippen molar-refractivity contribution < 1.29 is 18.0 Å². The molecular weight excluding hydrogens is 674 g/mol. The van der Waals surface area contributed by atoms with E-state index in [-0.39, 0.29) is 29.8 Å². The van der Waals surface area contributed by atoms with E-state index in [1.807, 2.05) is 81.4 Å². The Bertz CT molecular complexity index is 1810. The number of amides is 2. The second-order valence-corrected chi connectivity index (χ2v) is 15.2. The molecule has 0 spiro atoms. The third-order valence-electron chi connectivity index (χ3n) is 8.95. The molecule has 1 aliphatic carbocycles. The van der Waals surface area contributed by atoms with Gasteiger partial charge in [0, 0.05) is 23.5 Å². The third kappa shape index (κ3) is 8.51. The fourth-order valence-corrected chi connectivity index (χ4v) is 8.03. The Morgan fingerprint density at radius 1 is 0.851 bits per heavy atom. The van der Waals surface area contributed by atoms with E-state index < -0.39 is 28.5 Å². The zero-order valence-electron chi connectivity index (χ0n) is 27.2.